The summed E-state index contributed by atoms with van der Waals surface area (Å²) < 4.78 is 0. The summed E-state index contributed by atoms with van der Waals surface area (Å²) in [4.78, 5) is 25.2. The van der Waals surface area contributed by atoms with E-state index in [-0.39, 0.29) is 24.2 Å². The maximum absolute atomic E-state index is 12.6. The van der Waals surface area contributed by atoms with Gasteiger partial charge in [0.1, 0.15) is 11.2 Å². The van der Waals surface area contributed by atoms with Crippen molar-refractivity contribution in [2.45, 2.75) is 38.5 Å². The van der Waals surface area contributed by atoms with Crippen LogP contribution in [0.2, 0.25) is 0 Å². The molecule has 0 aliphatic carbocycles. The fourth-order valence-electron chi connectivity index (χ4n) is 2.96. The summed E-state index contributed by atoms with van der Waals surface area (Å²) in [5, 5.41) is 14.2. The van der Waals surface area contributed by atoms with Crippen LogP contribution in [0.25, 0.3) is 0 Å². The second-order valence-corrected chi connectivity index (χ2v) is 6.02. The van der Waals surface area contributed by atoms with Gasteiger partial charge in [-0.2, -0.15) is 0 Å². The molecule has 1 saturated heterocycles. The standard InChI is InChI=1S/C18H24N2O3/c1-14-19-16(22)18(17(23)20-14,11-7-2-3-8-12-21)13-15-9-5-4-6-10-15/h4-6,9-10,21H,1-3,7-8,11-13H2,(H,19,22)(H,20,23). The molecule has 5 heteroatoms. The van der Waals surface area contributed by atoms with E-state index >= 15 is 0 Å². The molecule has 5 nitrogen and oxygen atoms in total. The second-order valence-electron chi connectivity index (χ2n) is 6.02. The van der Waals surface area contributed by atoms with E-state index in [1.807, 2.05) is 30.3 Å². The Hall–Kier alpha value is -2.14. The molecule has 1 aromatic carbocycles. The van der Waals surface area contributed by atoms with Gasteiger partial charge in [-0.15, -0.1) is 0 Å². The average molecular weight is 316 g/mol. The number of nitrogens with one attached hydrogen (secondary N) is 2. The molecule has 0 spiro atoms. The molecule has 0 atom stereocenters. The molecular weight excluding hydrogens is 292 g/mol. The highest BCUT2D eigenvalue weighted by atomic mass is 16.3. The summed E-state index contributed by atoms with van der Waals surface area (Å²) in [6.07, 6.45) is 4.16. The zero-order valence-corrected chi connectivity index (χ0v) is 13.3. The minimum atomic E-state index is -1.10. The van der Waals surface area contributed by atoms with E-state index in [2.05, 4.69) is 17.2 Å². The highest BCUT2D eigenvalue weighted by molar-refractivity contribution is 6.08. The van der Waals surface area contributed by atoms with Crippen LogP contribution in [0.4, 0.5) is 0 Å². The summed E-state index contributed by atoms with van der Waals surface area (Å²) in [6.45, 7) is 3.79. The van der Waals surface area contributed by atoms with Crippen LogP contribution >= 0.6 is 0 Å². The lowest BCUT2D eigenvalue weighted by molar-refractivity contribution is -0.146. The molecule has 1 aromatic rings. The normalized spacial score (nSPS) is 16.8. The van der Waals surface area contributed by atoms with Gasteiger partial charge in [0, 0.05) is 6.61 Å². The van der Waals surface area contributed by atoms with E-state index in [0.29, 0.717) is 12.8 Å². The van der Waals surface area contributed by atoms with Crippen molar-refractivity contribution in [1.82, 2.24) is 10.6 Å². The summed E-state index contributed by atoms with van der Waals surface area (Å²) in [6, 6.07) is 9.58. The Morgan fingerprint density at radius 2 is 1.57 bits per heavy atom. The van der Waals surface area contributed by atoms with Gasteiger partial charge in [0.25, 0.3) is 0 Å². The van der Waals surface area contributed by atoms with Crippen LogP contribution in [-0.2, 0) is 16.0 Å². The molecule has 1 heterocycles. The maximum atomic E-state index is 12.6. The molecule has 0 unspecified atom stereocenters. The van der Waals surface area contributed by atoms with Crippen molar-refractivity contribution in [2.24, 2.45) is 5.41 Å². The van der Waals surface area contributed by atoms with Gasteiger partial charge in [-0.3, -0.25) is 9.59 Å². The Kier molecular flexibility index (Phi) is 5.93. The molecule has 0 aromatic heterocycles. The quantitative estimate of drug-likeness (QED) is 0.506. The number of hydrogen-bond acceptors (Lipinski definition) is 3. The molecule has 1 fully saturated rings. The van der Waals surface area contributed by atoms with Crippen molar-refractivity contribution in [2.75, 3.05) is 6.61 Å². The number of amides is 2. The highest BCUT2D eigenvalue weighted by Gasteiger charge is 2.48. The van der Waals surface area contributed by atoms with Crippen LogP contribution in [0.5, 0.6) is 0 Å². The number of rotatable bonds is 8. The number of aliphatic hydroxyl groups excluding tert-OH is 1. The molecule has 0 saturated carbocycles. The largest absolute Gasteiger partial charge is 0.396 e. The molecule has 124 valence electrons. The molecule has 2 rings (SSSR count). The van der Waals surface area contributed by atoms with Gasteiger partial charge in [-0.05, 0) is 24.8 Å². The number of carbonyl (C=O) groups is 2. The molecule has 1 aliphatic rings. The van der Waals surface area contributed by atoms with E-state index < -0.39 is 5.41 Å². The fourth-order valence-corrected chi connectivity index (χ4v) is 2.96. The van der Waals surface area contributed by atoms with Crippen LogP contribution in [-0.4, -0.2) is 23.5 Å². The molecule has 3 N–H and O–H groups in total. The number of benzene rings is 1. The predicted octanol–water partition coefficient (Wildman–Crippen LogP) is 1.88. The van der Waals surface area contributed by atoms with Gasteiger partial charge >= 0.3 is 0 Å². The van der Waals surface area contributed by atoms with Crippen molar-refractivity contribution in [3.05, 3.63) is 48.3 Å². The van der Waals surface area contributed by atoms with Gasteiger partial charge in [-0.1, -0.05) is 56.2 Å². The van der Waals surface area contributed by atoms with Crippen LogP contribution in [0, 0.1) is 5.41 Å². The molecule has 0 radical (unpaired) electrons. The fraction of sp³-hybridized carbons (Fsp3) is 0.444. The first-order valence-corrected chi connectivity index (χ1v) is 8.05. The van der Waals surface area contributed by atoms with Gasteiger partial charge < -0.3 is 15.7 Å². The van der Waals surface area contributed by atoms with E-state index in [4.69, 9.17) is 5.11 Å². The van der Waals surface area contributed by atoms with E-state index in [1.165, 1.54) is 0 Å². The Labute approximate surface area is 136 Å². The average Bonchev–Trinajstić information content (AvgIpc) is 2.53. The lowest BCUT2D eigenvalue weighted by Crippen LogP contribution is -2.59. The Balaban J connectivity index is 2.14. The number of carbonyl (C=O) groups excluding carboxylic acids is 2. The number of aliphatic hydroxyl groups is 1. The summed E-state index contributed by atoms with van der Waals surface area (Å²) >= 11 is 0. The molecular formula is C18H24N2O3. The number of unbranched alkanes of at least 4 members (excludes halogenated alkanes) is 3. The number of hydrogen-bond donors (Lipinski definition) is 3. The van der Waals surface area contributed by atoms with E-state index in [9.17, 15) is 9.59 Å². The van der Waals surface area contributed by atoms with Gasteiger partial charge in [-0.25, -0.2) is 0 Å². The highest BCUT2D eigenvalue weighted by Crippen LogP contribution is 2.33. The summed E-state index contributed by atoms with van der Waals surface area (Å²) in [5.41, 5.74) is -0.137. The zero-order valence-electron chi connectivity index (χ0n) is 13.3. The molecule has 1 aliphatic heterocycles. The molecule has 0 bridgehead atoms. The minimum absolute atomic E-state index is 0.177. The maximum Gasteiger partial charge on any atom is 0.241 e. The molecule has 2 amide bonds. The van der Waals surface area contributed by atoms with Crippen molar-refractivity contribution < 1.29 is 14.7 Å². The van der Waals surface area contributed by atoms with Crippen LogP contribution in [0.1, 0.15) is 37.7 Å². The van der Waals surface area contributed by atoms with E-state index in [1.54, 1.807) is 0 Å². The van der Waals surface area contributed by atoms with Crippen LogP contribution < -0.4 is 10.6 Å². The Morgan fingerprint density at radius 3 is 2.17 bits per heavy atom. The third-order valence-electron chi connectivity index (χ3n) is 4.26. The van der Waals surface area contributed by atoms with Gasteiger partial charge in [0.05, 0.1) is 0 Å². The zero-order chi connectivity index (χ0) is 16.7. The van der Waals surface area contributed by atoms with Gasteiger partial charge in [0.15, 0.2) is 0 Å². The smallest absolute Gasteiger partial charge is 0.241 e. The topological polar surface area (TPSA) is 78.4 Å². The predicted molar refractivity (Wildman–Crippen MR) is 88.2 cm³/mol. The minimum Gasteiger partial charge on any atom is -0.396 e. The SMILES string of the molecule is C=C1NC(=O)C(CCCCCCO)(Cc2ccccc2)C(=O)N1. The van der Waals surface area contributed by atoms with Crippen LogP contribution in [0.3, 0.4) is 0 Å². The molecule has 23 heavy (non-hydrogen) atoms. The lowest BCUT2D eigenvalue weighted by atomic mass is 9.74. The first kappa shape index (κ1) is 17.2. The van der Waals surface area contributed by atoms with E-state index in [0.717, 1.165) is 31.2 Å². The first-order valence-electron chi connectivity index (χ1n) is 8.05. The van der Waals surface area contributed by atoms with Crippen molar-refractivity contribution in [3.8, 4) is 0 Å². The van der Waals surface area contributed by atoms with Crippen LogP contribution in [0.15, 0.2) is 42.7 Å². The first-order chi connectivity index (χ1) is 11.1. The van der Waals surface area contributed by atoms with Crippen molar-refractivity contribution in [3.63, 3.8) is 0 Å². The summed E-state index contributed by atoms with van der Waals surface area (Å²) in [7, 11) is 0. The van der Waals surface area contributed by atoms with Gasteiger partial charge in [0.2, 0.25) is 11.8 Å². The van der Waals surface area contributed by atoms with Crippen molar-refractivity contribution in [1.29, 1.82) is 0 Å². The third-order valence-corrected chi connectivity index (χ3v) is 4.26. The Bertz CT molecular complexity index is 549. The summed E-state index contributed by atoms with van der Waals surface area (Å²) in [5.74, 6) is -0.321. The third kappa shape index (κ3) is 4.20. The monoisotopic (exact) mass is 316 g/mol. The lowest BCUT2D eigenvalue weighted by Gasteiger charge is -2.36. The Morgan fingerprint density at radius 1 is 0.957 bits per heavy atom. The van der Waals surface area contributed by atoms with Crippen molar-refractivity contribution >= 4 is 11.8 Å². The second kappa shape index (κ2) is 7.92.